The van der Waals surface area contributed by atoms with Gasteiger partial charge in [0, 0.05) is 6.20 Å². The van der Waals surface area contributed by atoms with Crippen LogP contribution in [0.2, 0.25) is 0 Å². The van der Waals surface area contributed by atoms with Crippen LogP contribution in [0.5, 0.6) is 0 Å². The molecular weight excluding hydrogens is 364 g/mol. The fourth-order valence-corrected chi connectivity index (χ4v) is 3.44. The minimum atomic E-state index is -0.195. The van der Waals surface area contributed by atoms with Crippen molar-refractivity contribution in [3.05, 3.63) is 40.6 Å². The fraction of sp³-hybridized carbons (Fsp3) is 0.267. The van der Waals surface area contributed by atoms with Gasteiger partial charge in [0.15, 0.2) is 5.13 Å². The first kappa shape index (κ1) is 15.2. The minimum absolute atomic E-state index is 0.0525. The van der Waals surface area contributed by atoms with E-state index in [4.69, 9.17) is 0 Å². The Hall–Kier alpha value is -1.73. The van der Waals surface area contributed by atoms with Crippen molar-refractivity contribution < 1.29 is 4.79 Å². The lowest BCUT2D eigenvalue weighted by Crippen LogP contribution is -2.24. The Morgan fingerprint density at radius 3 is 3.00 bits per heavy atom. The maximum atomic E-state index is 12.3. The first-order valence-electron chi connectivity index (χ1n) is 6.88. The average molecular weight is 379 g/mol. The molecule has 0 aliphatic rings. The molecule has 22 heavy (non-hydrogen) atoms. The number of hydrogen-bond donors (Lipinski definition) is 1. The SMILES string of the molecule is Cc1cccc2sc(NC(=O)C(C)Cn3cc(Br)cn3)nc12. The molecule has 5 nitrogen and oxygen atoms in total. The highest BCUT2D eigenvalue weighted by Crippen LogP contribution is 2.28. The van der Waals surface area contributed by atoms with E-state index in [2.05, 4.69) is 31.3 Å². The van der Waals surface area contributed by atoms with Crippen LogP contribution in [0.25, 0.3) is 10.2 Å². The third-order valence-electron chi connectivity index (χ3n) is 3.36. The number of fused-ring (bicyclic) bond motifs is 1. The Balaban J connectivity index is 1.70. The Morgan fingerprint density at radius 2 is 2.32 bits per heavy atom. The van der Waals surface area contributed by atoms with Crippen LogP contribution in [0.3, 0.4) is 0 Å². The van der Waals surface area contributed by atoms with Crippen LogP contribution in [0.4, 0.5) is 5.13 Å². The van der Waals surface area contributed by atoms with Gasteiger partial charge in [0.1, 0.15) is 0 Å². The highest BCUT2D eigenvalue weighted by Gasteiger charge is 2.16. The van der Waals surface area contributed by atoms with Crippen molar-refractivity contribution >= 4 is 48.5 Å². The molecule has 1 unspecified atom stereocenters. The molecule has 1 N–H and O–H groups in total. The summed E-state index contributed by atoms with van der Waals surface area (Å²) < 4.78 is 3.73. The second-order valence-corrected chi connectivity index (χ2v) is 7.16. The molecule has 0 bridgehead atoms. The van der Waals surface area contributed by atoms with Gasteiger partial charge in [0.05, 0.1) is 33.3 Å². The number of para-hydroxylation sites is 1. The number of nitrogens with zero attached hydrogens (tertiary/aromatic N) is 3. The molecule has 3 aromatic rings. The predicted molar refractivity (Wildman–Crippen MR) is 92.1 cm³/mol. The topological polar surface area (TPSA) is 59.8 Å². The molecule has 0 fully saturated rings. The molecule has 7 heteroatoms. The molecule has 0 saturated carbocycles. The van der Waals surface area contributed by atoms with E-state index in [0.29, 0.717) is 11.7 Å². The van der Waals surface area contributed by atoms with E-state index in [9.17, 15) is 4.79 Å². The summed E-state index contributed by atoms with van der Waals surface area (Å²) in [6.07, 6.45) is 3.56. The second kappa shape index (κ2) is 6.18. The highest BCUT2D eigenvalue weighted by atomic mass is 79.9. The first-order valence-corrected chi connectivity index (χ1v) is 8.49. The van der Waals surface area contributed by atoms with Crippen LogP contribution in [0.15, 0.2) is 35.1 Å². The van der Waals surface area contributed by atoms with Gasteiger partial charge in [-0.25, -0.2) is 4.98 Å². The van der Waals surface area contributed by atoms with Crippen molar-refractivity contribution in [3.8, 4) is 0 Å². The molecule has 0 radical (unpaired) electrons. The summed E-state index contributed by atoms with van der Waals surface area (Å²) in [5.41, 5.74) is 2.06. The molecule has 114 valence electrons. The third kappa shape index (κ3) is 3.20. The van der Waals surface area contributed by atoms with Crippen molar-refractivity contribution in [2.45, 2.75) is 20.4 Å². The van der Waals surface area contributed by atoms with E-state index in [-0.39, 0.29) is 11.8 Å². The molecule has 1 amide bonds. The maximum Gasteiger partial charge on any atom is 0.230 e. The Labute approximate surface area is 140 Å². The minimum Gasteiger partial charge on any atom is -0.302 e. The van der Waals surface area contributed by atoms with Crippen LogP contribution in [-0.2, 0) is 11.3 Å². The quantitative estimate of drug-likeness (QED) is 0.749. The number of aromatic nitrogens is 3. The summed E-state index contributed by atoms with van der Waals surface area (Å²) in [4.78, 5) is 16.8. The lowest BCUT2D eigenvalue weighted by atomic mass is 10.1. The molecule has 0 saturated heterocycles. The van der Waals surface area contributed by atoms with Crippen molar-refractivity contribution in [2.24, 2.45) is 5.92 Å². The van der Waals surface area contributed by atoms with Crippen LogP contribution >= 0.6 is 27.3 Å². The van der Waals surface area contributed by atoms with Crippen LogP contribution in [-0.4, -0.2) is 20.7 Å². The van der Waals surface area contributed by atoms with Crippen molar-refractivity contribution in [3.63, 3.8) is 0 Å². The number of hydrogen-bond acceptors (Lipinski definition) is 4. The molecule has 1 aromatic carbocycles. The summed E-state index contributed by atoms with van der Waals surface area (Å²) >= 11 is 4.84. The van der Waals surface area contributed by atoms with Crippen molar-refractivity contribution in [2.75, 3.05) is 5.32 Å². The number of nitrogens with one attached hydrogen (secondary N) is 1. The number of carbonyl (C=O) groups is 1. The molecular formula is C15H15BrN4OS. The standard InChI is InChI=1S/C15H15BrN4OS/c1-9-4-3-5-12-13(9)18-15(22-12)19-14(21)10(2)7-20-8-11(16)6-17-20/h3-6,8,10H,7H2,1-2H3,(H,18,19,21). The molecule has 2 heterocycles. The van der Waals surface area contributed by atoms with Crippen molar-refractivity contribution in [1.29, 1.82) is 0 Å². The van der Waals surface area contributed by atoms with Crippen LogP contribution in [0.1, 0.15) is 12.5 Å². The van der Waals surface area contributed by atoms with E-state index in [1.54, 1.807) is 10.9 Å². The van der Waals surface area contributed by atoms with Gasteiger partial charge in [0.25, 0.3) is 0 Å². The van der Waals surface area contributed by atoms with Gasteiger partial charge >= 0.3 is 0 Å². The lowest BCUT2D eigenvalue weighted by molar-refractivity contribution is -0.119. The molecule has 0 aliphatic carbocycles. The van der Waals surface area contributed by atoms with Gasteiger partial charge in [-0.05, 0) is 34.5 Å². The zero-order chi connectivity index (χ0) is 15.7. The zero-order valence-electron chi connectivity index (χ0n) is 12.2. The molecule has 3 rings (SSSR count). The number of rotatable bonds is 4. The predicted octanol–water partition coefficient (Wildman–Crippen LogP) is 3.84. The number of thiazole rings is 1. The summed E-state index contributed by atoms with van der Waals surface area (Å²) in [5.74, 6) is -0.247. The van der Waals surface area contributed by atoms with Crippen LogP contribution < -0.4 is 5.32 Å². The van der Waals surface area contributed by atoms with E-state index in [1.165, 1.54) is 11.3 Å². The number of carbonyl (C=O) groups excluding carboxylic acids is 1. The van der Waals surface area contributed by atoms with Gasteiger partial charge in [-0.3, -0.25) is 9.48 Å². The normalized spacial score (nSPS) is 12.5. The summed E-state index contributed by atoms with van der Waals surface area (Å²) in [5, 5.41) is 7.71. The first-order chi connectivity index (χ1) is 10.5. The number of anilines is 1. The number of amides is 1. The van der Waals surface area contributed by atoms with E-state index < -0.39 is 0 Å². The van der Waals surface area contributed by atoms with E-state index >= 15 is 0 Å². The number of benzene rings is 1. The Kier molecular flexibility index (Phi) is 4.26. The largest absolute Gasteiger partial charge is 0.302 e. The fourth-order valence-electron chi connectivity index (χ4n) is 2.17. The summed E-state index contributed by atoms with van der Waals surface area (Å²) in [6.45, 7) is 4.43. The summed E-state index contributed by atoms with van der Waals surface area (Å²) in [6, 6.07) is 6.03. The average Bonchev–Trinajstić information content (AvgIpc) is 3.05. The van der Waals surface area contributed by atoms with Gasteiger partial charge in [-0.15, -0.1) is 0 Å². The highest BCUT2D eigenvalue weighted by molar-refractivity contribution is 9.10. The molecule has 0 spiro atoms. The number of halogens is 1. The number of aryl methyl sites for hydroxylation is 1. The van der Waals surface area contributed by atoms with E-state index in [0.717, 1.165) is 20.3 Å². The van der Waals surface area contributed by atoms with Gasteiger partial charge in [-0.2, -0.15) is 5.10 Å². The Bertz CT molecular complexity index is 826. The zero-order valence-corrected chi connectivity index (χ0v) is 14.6. The Morgan fingerprint density at radius 1 is 1.50 bits per heavy atom. The third-order valence-corrected chi connectivity index (χ3v) is 4.71. The van der Waals surface area contributed by atoms with Gasteiger partial charge in [0.2, 0.25) is 5.91 Å². The van der Waals surface area contributed by atoms with Crippen molar-refractivity contribution in [1.82, 2.24) is 14.8 Å². The molecule has 2 aromatic heterocycles. The van der Waals surface area contributed by atoms with Gasteiger partial charge in [-0.1, -0.05) is 30.4 Å². The summed E-state index contributed by atoms with van der Waals surface area (Å²) in [7, 11) is 0. The van der Waals surface area contributed by atoms with E-state index in [1.807, 2.05) is 38.2 Å². The smallest absolute Gasteiger partial charge is 0.230 e. The second-order valence-electron chi connectivity index (χ2n) is 5.21. The maximum absolute atomic E-state index is 12.3. The lowest BCUT2D eigenvalue weighted by Gasteiger charge is -2.10. The molecule has 1 atom stereocenters. The van der Waals surface area contributed by atoms with Crippen LogP contribution in [0, 0.1) is 12.8 Å². The monoisotopic (exact) mass is 378 g/mol. The van der Waals surface area contributed by atoms with Gasteiger partial charge < -0.3 is 5.32 Å². The molecule has 0 aliphatic heterocycles.